The highest BCUT2D eigenvalue weighted by Crippen LogP contribution is 2.40. The van der Waals surface area contributed by atoms with Crippen LogP contribution in [0, 0.1) is 11.3 Å². The third-order valence-electron chi connectivity index (χ3n) is 3.94. The number of methoxy groups -OCH3 is 1. The van der Waals surface area contributed by atoms with Gasteiger partial charge in [0.15, 0.2) is 0 Å². The predicted octanol–water partition coefficient (Wildman–Crippen LogP) is 3.18. The van der Waals surface area contributed by atoms with Gasteiger partial charge in [0.05, 0.1) is 18.7 Å². The van der Waals surface area contributed by atoms with Gasteiger partial charge in [0.1, 0.15) is 5.75 Å². The number of rotatable bonds is 2. The van der Waals surface area contributed by atoms with Crippen molar-refractivity contribution in [2.24, 2.45) is 5.73 Å². The Hall–Kier alpha value is -2.31. The van der Waals surface area contributed by atoms with E-state index in [1.165, 1.54) is 11.1 Å². The Kier molecular flexibility index (Phi) is 3.17. The third-order valence-corrected chi connectivity index (χ3v) is 3.94. The number of ether oxygens (including phenoxy) is 1. The van der Waals surface area contributed by atoms with E-state index in [9.17, 15) is 0 Å². The van der Waals surface area contributed by atoms with Crippen LogP contribution in [0.2, 0.25) is 0 Å². The molecule has 0 fully saturated rings. The van der Waals surface area contributed by atoms with Gasteiger partial charge in [0.25, 0.3) is 0 Å². The van der Waals surface area contributed by atoms with Gasteiger partial charge >= 0.3 is 0 Å². The Morgan fingerprint density at radius 3 is 2.85 bits per heavy atom. The Labute approximate surface area is 118 Å². The maximum Gasteiger partial charge on any atom is 0.126 e. The molecule has 3 heteroatoms. The van der Waals surface area contributed by atoms with E-state index >= 15 is 0 Å². The van der Waals surface area contributed by atoms with Gasteiger partial charge in [0, 0.05) is 11.6 Å². The first kappa shape index (κ1) is 12.7. The Morgan fingerprint density at radius 1 is 1.25 bits per heavy atom. The van der Waals surface area contributed by atoms with Crippen molar-refractivity contribution in [2.45, 2.75) is 18.9 Å². The fourth-order valence-corrected chi connectivity index (χ4v) is 2.93. The van der Waals surface area contributed by atoms with E-state index in [0.717, 1.165) is 29.7 Å². The van der Waals surface area contributed by atoms with Gasteiger partial charge in [-0.1, -0.05) is 18.2 Å². The number of hydrogen-bond donors (Lipinski definition) is 1. The quantitative estimate of drug-likeness (QED) is 0.906. The number of hydrogen-bond acceptors (Lipinski definition) is 3. The van der Waals surface area contributed by atoms with Crippen LogP contribution >= 0.6 is 0 Å². The highest BCUT2D eigenvalue weighted by atomic mass is 16.5. The number of nitrogens with zero attached hydrogens (tertiary/aromatic N) is 1. The molecule has 0 spiro atoms. The Morgan fingerprint density at radius 2 is 2.10 bits per heavy atom. The molecule has 3 rings (SSSR count). The first-order chi connectivity index (χ1) is 9.74. The van der Waals surface area contributed by atoms with Gasteiger partial charge in [-0.15, -0.1) is 0 Å². The summed E-state index contributed by atoms with van der Waals surface area (Å²) in [5, 5.41) is 9.10. The van der Waals surface area contributed by atoms with E-state index in [0.29, 0.717) is 5.56 Å². The summed E-state index contributed by atoms with van der Waals surface area (Å²) in [7, 11) is 1.65. The molecule has 2 aromatic carbocycles. The SMILES string of the molecule is COc1ccc(C#N)cc1-c1cccc2c1CCC2N. The molecule has 100 valence electrons. The molecule has 0 bridgehead atoms. The van der Waals surface area contributed by atoms with Crippen LogP contribution in [0.25, 0.3) is 11.1 Å². The van der Waals surface area contributed by atoms with Crippen LogP contribution in [-0.4, -0.2) is 7.11 Å². The van der Waals surface area contributed by atoms with Gasteiger partial charge in [0.2, 0.25) is 0 Å². The van der Waals surface area contributed by atoms with E-state index in [-0.39, 0.29) is 6.04 Å². The van der Waals surface area contributed by atoms with E-state index in [2.05, 4.69) is 18.2 Å². The van der Waals surface area contributed by atoms with Gasteiger partial charge in [-0.2, -0.15) is 5.26 Å². The lowest BCUT2D eigenvalue weighted by molar-refractivity contribution is 0.416. The lowest BCUT2D eigenvalue weighted by atomic mass is 9.94. The summed E-state index contributed by atoms with van der Waals surface area (Å²) in [5.41, 5.74) is 11.4. The van der Waals surface area contributed by atoms with Crippen LogP contribution in [0.4, 0.5) is 0 Å². The monoisotopic (exact) mass is 264 g/mol. The number of nitriles is 1. The summed E-state index contributed by atoms with van der Waals surface area (Å²) < 4.78 is 5.45. The summed E-state index contributed by atoms with van der Waals surface area (Å²) in [4.78, 5) is 0. The zero-order chi connectivity index (χ0) is 14.1. The van der Waals surface area contributed by atoms with Crippen LogP contribution in [0.15, 0.2) is 36.4 Å². The molecule has 0 amide bonds. The van der Waals surface area contributed by atoms with Crippen molar-refractivity contribution in [1.82, 2.24) is 0 Å². The van der Waals surface area contributed by atoms with Crippen molar-refractivity contribution in [3.63, 3.8) is 0 Å². The highest BCUT2D eigenvalue weighted by molar-refractivity contribution is 5.76. The van der Waals surface area contributed by atoms with Crippen molar-refractivity contribution < 1.29 is 4.74 Å². The minimum absolute atomic E-state index is 0.120. The number of fused-ring (bicyclic) bond motifs is 1. The minimum atomic E-state index is 0.120. The van der Waals surface area contributed by atoms with Crippen LogP contribution in [0.3, 0.4) is 0 Å². The van der Waals surface area contributed by atoms with Crippen molar-refractivity contribution in [3.05, 3.63) is 53.1 Å². The molecule has 0 aromatic heterocycles. The van der Waals surface area contributed by atoms with Gasteiger partial charge in [-0.3, -0.25) is 0 Å². The van der Waals surface area contributed by atoms with Crippen LogP contribution in [0.5, 0.6) is 5.75 Å². The topological polar surface area (TPSA) is 59.0 Å². The second kappa shape index (κ2) is 4.99. The molecule has 0 saturated heterocycles. The van der Waals surface area contributed by atoms with Gasteiger partial charge in [-0.05, 0) is 47.7 Å². The summed E-state index contributed by atoms with van der Waals surface area (Å²) in [6, 6.07) is 14.0. The largest absolute Gasteiger partial charge is 0.496 e. The summed E-state index contributed by atoms with van der Waals surface area (Å²) in [6.45, 7) is 0. The highest BCUT2D eigenvalue weighted by Gasteiger charge is 2.23. The maximum atomic E-state index is 9.10. The van der Waals surface area contributed by atoms with Crippen molar-refractivity contribution in [1.29, 1.82) is 5.26 Å². The van der Waals surface area contributed by atoms with E-state index in [1.807, 2.05) is 18.2 Å². The van der Waals surface area contributed by atoms with Gasteiger partial charge in [-0.25, -0.2) is 0 Å². The second-order valence-corrected chi connectivity index (χ2v) is 5.05. The summed E-state index contributed by atoms with van der Waals surface area (Å²) >= 11 is 0. The summed E-state index contributed by atoms with van der Waals surface area (Å²) in [5.74, 6) is 0.790. The standard InChI is InChI=1S/C17H16N2O/c1-20-17-8-5-11(10-18)9-15(17)12-3-2-4-14-13(12)6-7-16(14)19/h2-5,8-9,16H,6-7,19H2,1H3. The number of benzene rings is 2. The fraction of sp³-hybridized carbons (Fsp3) is 0.235. The molecule has 0 radical (unpaired) electrons. The molecular weight excluding hydrogens is 248 g/mol. The number of nitrogens with two attached hydrogens (primary N) is 1. The molecule has 1 aliphatic carbocycles. The third kappa shape index (κ3) is 1.95. The fourth-order valence-electron chi connectivity index (χ4n) is 2.93. The zero-order valence-electron chi connectivity index (χ0n) is 11.4. The average molecular weight is 264 g/mol. The van der Waals surface area contributed by atoms with Crippen LogP contribution < -0.4 is 10.5 Å². The van der Waals surface area contributed by atoms with E-state index < -0.39 is 0 Å². The normalized spacial score (nSPS) is 16.6. The Balaban J connectivity index is 2.22. The molecule has 2 N–H and O–H groups in total. The molecule has 0 heterocycles. The van der Waals surface area contributed by atoms with Gasteiger partial charge < -0.3 is 10.5 Å². The zero-order valence-corrected chi connectivity index (χ0v) is 11.4. The molecule has 20 heavy (non-hydrogen) atoms. The lowest BCUT2D eigenvalue weighted by Gasteiger charge is -2.13. The van der Waals surface area contributed by atoms with E-state index in [1.54, 1.807) is 13.2 Å². The molecule has 2 aromatic rings. The molecule has 3 nitrogen and oxygen atoms in total. The minimum Gasteiger partial charge on any atom is -0.496 e. The van der Waals surface area contributed by atoms with E-state index in [4.69, 9.17) is 15.7 Å². The molecule has 0 aliphatic heterocycles. The average Bonchev–Trinajstić information content (AvgIpc) is 2.88. The molecule has 1 atom stereocenters. The first-order valence-electron chi connectivity index (χ1n) is 6.70. The van der Waals surface area contributed by atoms with Crippen molar-refractivity contribution in [3.8, 4) is 22.9 Å². The first-order valence-corrected chi connectivity index (χ1v) is 6.70. The predicted molar refractivity (Wildman–Crippen MR) is 78.4 cm³/mol. The molecular formula is C17H16N2O. The van der Waals surface area contributed by atoms with Crippen molar-refractivity contribution in [2.75, 3.05) is 7.11 Å². The van der Waals surface area contributed by atoms with Crippen LogP contribution in [0.1, 0.15) is 29.2 Å². The Bertz CT molecular complexity index is 701. The second-order valence-electron chi connectivity index (χ2n) is 5.05. The molecule has 0 saturated carbocycles. The maximum absolute atomic E-state index is 9.10. The molecule has 1 aliphatic rings. The lowest BCUT2D eigenvalue weighted by Crippen LogP contribution is -2.05. The smallest absolute Gasteiger partial charge is 0.126 e. The van der Waals surface area contributed by atoms with Crippen LogP contribution in [-0.2, 0) is 6.42 Å². The molecule has 1 unspecified atom stereocenters. The van der Waals surface area contributed by atoms with Crippen molar-refractivity contribution >= 4 is 0 Å². The summed E-state index contributed by atoms with van der Waals surface area (Å²) in [6.07, 6.45) is 1.96.